The Morgan fingerprint density at radius 2 is 2.06 bits per heavy atom. The normalized spacial score (nSPS) is 11.4. The molecule has 0 atom stereocenters. The monoisotopic (exact) mass is 422 g/mol. The SMILES string of the molecule is COCCCn1c(C(=O)NCCCn2ccnc2)cc2c(=O)n3cccc(C)c3nc21. The molecule has 0 aliphatic heterocycles. The lowest BCUT2D eigenvalue weighted by atomic mass is 10.3. The van der Waals surface area contributed by atoms with Gasteiger partial charge in [-0.2, -0.15) is 0 Å². The highest BCUT2D eigenvalue weighted by Gasteiger charge is 2.19. The third-order valence-corrected chi connectivity index (χ3v) is 5.29. The fraction of sp³-hybridized carbons (Fsp3) is 0.364. The largest absolute Gasteiger partial charge is 0.385 e. The summed E-state index contributed by atoms with van der Waals surface area (Å²) in [7, 11) is 1.64. The van der Waals surface area contributed by atoms with Crippen LogP contribution in [0, 0.1) is 6.92 Å². The van der Waals surface area contributed by atoms with Crippen LogP contribution in [0.5, 0.6) is 0 Å². The van der Waals surface area contributed by atoms with E-state index in [1.807, 2.05) is 34.4 Å². The molecule has 1 amide bonds. The Morgan fingerprint density at radius 1 is 1.19 bits per heavy atom. The van der Waals surface area contributed by atoms with E-state index >= 15 is 0 Å². The van der Waals surface area contributed by atoms with Crippen LogP contribution in [0.25, 0.3) is 16.7 Å². The van der Waals surface area contributed by atoms with Crippen LogP contribution in [0.3, 0.4) is 0 Å². The zero-order valence-electron chi connectivity index (χ0n) is 17.7. The Kier molecular flexibility index (Phi) is 6.13. The van der Waals surface area contributed by atoms with Crippen LogP contribution in [0.4, 0.5) is 0 Å². The van der Waals surface area contributed by atoms with Crippen molar-refractivity contribution < 1.29 is 9.53 Å². The van der Waals surface area contributed by atoms with E-state index in [-0.39, 0.29) is 11.5 Å². The van der Waals surface area contributed by atoms with Crippen LogP contribution in [0.1, 0.15) is 28.9 Å². The maximum atomic E-state index is 13.1. The quantitative estimate of drug-likeness (QED) is 0.416. The minimum absolute atomic E-state index is 0.177. The summed E-state index contributed by atoms with van der Waals surface area (Å²) in [5.41, 5.74) is 2.28. The maximum Gasteiger partial charge on any atom is 0.267 e. The lowest BCUT2D eigenvalue weighted by Gasteiger charge is -2.11. The molecule has 31 heavy (non-hydrogen) atoms. The van der Waals surface area contributed by atoms with E-state index in [0.717, 1.165) is 18.5 Å². The van der Waals surface area contributed by atoms with Crippen molar-refractivity contribution in [3.05, 3.63) is 64.7 Å². The predicted molar refractivity (Wildman–Crippen MR) is 117 cm³/mol. The van der Waals surface area contributed by atoms with Gasteiger partial charge in [-0.15, -0.1) is 0 Å². The number of nitrogens with zero attached hydrogens (tertiary/aromatic N) is 5. The summed E-state index contributed by atoms with van der Waals surface area (Å²) >= 11 is 0. The smallest absolute Gasteiger partial charge is 0.267 e. The van der Waals surface area contributed by atoms with Crippen LogP contribution in [-0.4, -0.2) is 49.7 Å². The Hall–Kier alpha value is -3.46. The molecule has 0 bridgehead atoms. The highest BCUT2D eigenvalue weighted by atomic mass is 16.5. The van der Waals surface area contributed by atoms with Gasteiger partial charge in [-0.05, 0) is 37.5 Å². The number of hydrogen-bond acceptors (Lipinski definition) is 5. The Labute approximate surface area is 179 Å². The van der Waals surface area contributed by atoms with Crippen LogP contribution in [0.15, 0.2) is 47.9 Å². The van der Waals surface area contributed by atoms with Crippen molar-refractivity contribution in [2.75, 3.05) is 20.3 Å². The molecule has 4 aromatic heterocycles. The van der Waals surface area contributed by atoms with Crippen LogP contribution >= 0.6 is 0 Å². The summed E-state index contributed by atoms with van der Waals surface area (Å²) in [4.78, 5) is 34.8. The van der Waals surface area contributed by atoms with Gasteiger partial charge in [0.15, 0.2) is 0 Å². The fourth-order valence-corrected chi connectivity index (χ4v) is 3.72. The summed E-state index contributed by atoms with van der Waals surface area (Å²) < 4.78 is 10.5. The standard InChI is InChI=1S/C22H26N6O3/c1-16-6-3-10-28-19(16)25-20-17(22(28)30)14-18(27(20)11-5-13-31-2)21(29)24-7-4-9-26-12-8-23-15-26/h3,6,8,10,12,14-15H,4-5,7,9,11,13H2,1-2H3,(H,24,29). The molecule has 0 spiro atoms. The number of ether oxygens (including phenoxy) is 1. The van der Waals surface area contributed by atoms with Gasteiger partial charge in [0.1, 0.15) is 17.0 Å². The summed E-state index contributed by atoms with van der Waals surface area (Å²) in [5.74, 6) is -0.216. The van der Waals surface area contributed by atoms with Gasteiger partial charge in [-0.25, -0.2) is 9.97 Å². The predicted octanol–water partition coefficient (Wildman–Crippen LogP) is 2.01. The topological polar surface area (TPSA) is 95.5 Å². The van der Waals surface area contributed by atoms with Crippen LogP contribution in [0.2, 0.25) is 0 Å². The highest BCUT2D eigenvalue weighted by molar-refractivity contribution is 5.98. The molecule has 0 saturated carbocycles. The van der Waals surface area contributed by atoms with E-state index in [1.165, 1.54) is 4.40 Å². The molecule has 162 valence electrons. The number of carbonyl (C=O) groups excluding carboxylic acids is 1. The first kappa shape index (κ1) is 20.8. The molecule has 4 aromatic rings. The first-order valence-corrected chi connectivity index (χ1v) is 10.3. The van der Waals surface area contributed by atoms with Crippen molar-refractivity contribution in [2.45, 2.75) is 32.9 Å². The number of imidazole rings is 1. The number of nitrogens with one attached hydrogen (secondary N) is 1. The van der Waals surface area contributed by atoms with E-state index in [0.29, 0.717) is 48.5 Å². The van der Waals surface area contributed by atoms with E-state index in [4.69, 9.17) is 9.72 Å². The molecule has 0 aliphatic carbocycles. The fourth-order valence-electron chi connectivity index (χ4n) is 3.72. The van der Waals surface area contributed by atoms with Gasteiger partial charge < -0.3 is 19.2 Å². The lowest BCUT2D eigenvalue weighted by molar-refractivity contribution is 0.0942. The van der Waals surface area contributed by atoms with Crippen molar-refractivity contribution in [2.24, 2.45) is 0 Å². The summed E-state index contributed by atoms with van der Waals surface area (Å²) in [5, 5.41) is 3.40. The van der Waals surface area contributed by atoms with Gasteiger partial charge in [-0.1, -0.05) is 6.07 Å². The third-order valence-electron chi connectivity index (χ3n) is 5.29. The second-order valence-corrected chi connectivity index (χ2v) is 7.48. The Morgan fingerprint density at radius 3 is 2.84 bits per heavy atom. The van der Waals surface area contributed by atoms with E-state index < -0.39 is 0 Å². The molecular weight excluding hydrogens is 396 g/mol. The molecule has 0 unspecified atom stereocenters. The number of fused-ring (bicyclic) bond motifs is 2. The number of hydrogen-bond donors (Lipinski definition) is 1. The second kappa shape index (κ2) is 9.13. The number of methoxy groups -OCH3 is 1. The molecule has 4 heterocycles. The second-order valence-electron chi connectivity index (χ2n) is 7.48. The maximum absolute atomic E-state index is 13.1. The molecule has 0 fully saturated rings. The van der Waals surface area contributed by atoms with Gasteiger partial charge in [0.05, 0.1) is 11.7 Å². The average molecular weight is 422 g/mol. The number of amides is 1. The number of aryl methyl sites for hydroxylation is 3. The lowest BCUT2D eigenvalue weighted by Crippen LogP contribution is -2.27. The molecule has 0 radical (unpaired) electrons. The summed E-state index contributed by atoms with van der Waals surface area (Å²) in [6.45, 7) is 4.29. The summed E-state index contributed by atoms with van der Waals surface area (Å²) in [6.07, 6.45) is 8.55. The molecule has 0 saturated heterocycles. The van der Waals surface area contributed by atoms with Gasteiger partial charge >= 0.3 is 0 Å². The van der Waals surface area contributed by atoms with E-state index in [2.05, 4.69) is 10.3 Å². The number of carbonyl (C=O) groups is 1. The first-order chi connectivity index (χ1) is 15.1. The Balaban J connectivity index is 1.65. The number of aromatic nitrogens is 5. The third kappa shape index (κ3) is 4.22. The van der Waals surface area contributed by atoms with Crippen molar-refractivity contribution in [1.29, 1.82) is 0 Å². The highest BCUT2D eigenvalue weighted by Crippen LogP contribution is 2.18. The molecule has 9 heteroatoms. The van der Waals surface area contributed by atoms with Gasteiger partial charge in [0.2, 0.25) is 0 Å². The first-order valence-electron chi connectivity index (χ1n) is 10.3. The zero-order chi connectivity index (χ0) is 21.8. The van der Waals surface area contributed by atoms with Gasteiger partial charge in [-0.3, -0.25) is 14.0 Å². The average Bonchev–Trinajstić information content (AvgIpc) is 3.41. The minimum Gasteiger partial charge on any atom is -0.385 e. The summed E-state index contributed by atoms with van der Waals surface area (Å²) in [6, 6.07) is 5.39. The molecule has 0 aliphatic rings. The van der Waals surface area contributed by atoms with E-state index in [9.17, 15) is 9.59 Å². The van der Waals surface area contributed by atoms with Crippen LogP contribution in [-0.2, 0) is 17.8 Å². The van der Waals surface area contributed by atoms with Crippen molar-refractivity contribution in [1.82, 2.24) is 28.8 Å². The molecular formula is C22H26N6O3. The molecule has 4 rings (SSSR count). The van der Waals surface area contributed by atoms with Crippen molar-refractivity contribution in [3.8, 4) is 0 Å². The molecule has 9 nitrogen and oxygen atoms in total. The van der Waals surface area contributed by atoms with Crippen molar-refractivity contribution in [3.63, 3.8) is 0 Å². The van der Waals surface area contributed by atoms with Gasteiger partial charge in [0.25, 0.3) is 11.5 Å². The van der Waals surface area contributed by atoms with E-state index in [1.54, 1.807) is 31.9 Å². The minimum atomic E-state index is -0.216. The zero-order valence-corrected chi connectivity index (χ0v) is 17.7. The number of pyridine rings is 1. The Bertz CT molecular complexity index is 1260. The van der Waals surface area contributed by atoms with Crippen LogP contribution < -0.4 is 10.9 Å². The molecule has 0 aromatic carbocycles. The molecule has 1 N–H and O–H groups in total. The van der Waals surface area contributed by atoms with Crippen molar-refractivity contribution >= 4 is 22.6 Å². The van der Waals surface area contributed by atoms with Gasteiger partial charge in [0, 0.05) is 51.9 Å². The number of rotatable bonds is 9.